The van der Waals surface area contributed by atoms with Crippen LogP contribution in [0.2, 0.25) is 0 Å². The predicted octanol–water partition coefficient (Wildman–Crippen LogP) is 2.40. The molecule has 4 heteroatoms. The van der Waals surface area contributed by atoms with Gasteiger partial charge in [0.05, 0.1) is 6.10 Å². The van der Waals surface area contributed by atoms with Crippen LogP contribution in [-0.2, 0) is 9.53 Å². The van der Waals surface area contributed by atoms with Crippen molar-refractivity contribution in [2.75, 3.05) is 25.0 Å². The molecule has 2 rings (SSSR count). The highest BCUT2D eigenvalue weighted by Gasteiger charge is 2.15. The van der Waals surface area contributed by atoms with E-state index in [1.54, 1.807) is 0 Å². The van der Waals surface area contributed by atoms with Crippen LogP contribution in [0.4, 0.5) is 5.69 Å². The van der Waals surface area contributed by atoms with Crippen LogP contribution in [-0.4, -0.2) is 31.7 Å². The first kappa shape index (κ1) is 14.9. The second-order valence-corrected chi connectivity index (χ2v) is 5.49. The number of hydrogen-bond acceptors (Lipinski definition) is 3. The van der Waals surface area contributed by atoms with E-state index in [1.165, 1.54) is 11.1 Å². The van der Waals surface area contributed by atoms with Crippen molar-refractivity contribution in [2.24, 2.45) is 0 Å². The molecule has 20 heavy (non-hydrogen) atoms. The average Bonchev–Trinajstić information content (AvgIpc) is 2.88. The van der Waals surface area contributed by atoms with Crippen LogP contribution in [0.3, 0.4) is 0 Å². The summed E-state index contributed by atoms with van der Waals surface area (Å²) in [5.41, 5.74) is 3.54. The monoisotopic (exact) mass is 276 g/mol. The van der Waals surface area contributed by atoms with E-state index in [0.717, 1.165) is 25.1 Å². The van der Waals surface area contributed by atoms with Gasteiger partial charge in [0.15, 0.2) is 0 Å². The van der Waals surface area contributed by atoms with Gasteiger partial charge in [0, 0.05) is 31.8 Å². The summed E-state index contributed by atoms with van der Waals surface area (Å²) in [4.78, 5) is 11.7. The third-order valence-electron chi connectivity index (χ3n) is 3.45. The van der Waals surface area contributed by atoms with Gasteiger partial charge in [-0.3, -0.25) is 4.79 Å². The smallest absolute Gasteiger partial charge is 0.221 e. The van der Waals surface area contributed by atoms with Gasteiger partial charge in [0.2, 0.25) is 5.91 Å². The minimum absolute atomic E-state index is 0.0809. The molecule has 1 atom stereocenters. The Morgan fingerprint density at radius 1 is 1.30 bits per heavy atom. The van der Waals surface area contributed by atoms with Crippen molar-refractivity contribution in [3.63, 3.8) is 0 Å². The van der Waals surface area contributed by atoms with E-state index in [1.807, 2.05) is 0 Å². The third kappa shape index (κ3) is 4.85. The van der Waals surface area contributed by atoms with E-state index in [-0.39, 0.29) is 12.0 Å². The number of benzene rings is 1. The number of hydrogen-bond donors (Lipinski definition) is 2. The Hall–Kier alpha value is -1.55. The van der Waals surface area contributed by atoms with E-state index < -0.39 is 0 Å². The van der Waals surface area contributed by atoms with Gasteiger partial charge >= 0.3 is 0 Å². The molecule has 0 spiro atoms. The number of ether oxygens (including phenoxy) is 1. The van der Waals surface area contributed by atoms with Gasteiger partial charge in [0.25, 0.3) is 0 Å². The molecular formula is C16H24N2O2. The Morgan fingerprint density at radius 2 is 2.05 bits per heavy atom. The third-order valence-corrected chi connectivity index (χ3v) is 3.45. The topological polar surface area (TPSA) is 50.4 Å². The zero-order chi connectivity index (χ0) is 14.4. The molecular weight excluding hydrogens is 252 g/mol. The number of anilines is 1. The second-order valence-electron chi connectivity index (χ2n) is 5.49. The molecule has 0 radical (unpaired) electrons. The number of nitrogens with one attached hydrogen (secondary N) is 2. The summed E-state index contributed by atoms with van der Waals surface area (Å²) in [6.45, 7) is 6.27. The summed E-state index contributed by atoms with van der Waals surface area (Å²) in [6.07, 6.45) is 2.86. The highest BCUT2D eigenvalue weighted by molar-refractivity contribution is 5.76. The van der Waals surface area contributed by atoms with Crippen molar-refractivity contribution in [3.05, 3.63) is 29.3 Å². The fourth-order valence-electron chi connectivity index (χ4n) is 2.52. The molecule has 1 saturated heterocycles. The number of carbonyl (C=O) groups is 1. The van der Waals surface area contributed by atoms with Crippen molar-refractivity contribution in [1.29, 1.82) is 0 Å². The van der Waals surface area contributed by atoms with Crippen LogP contribution < -0.4 is 10.6 Å². The van der Waals surface area contributed by atoms with Crippen LogP contribution >= 0.6 is 0 Å². The number of rotatable bonds is 6. The maximum Gasteiger partial charge on any atom is 0.221 e. The quantitative estimate of drug-likeness (QED) is 0.839. The SMILES string of the molecule is Cc1cc(C)cc(NCCC(=O)NCC2CCCO2)c1. The second kappa shape index (κ2) is 7.29. The Kier molecular flexibility index (Phi) is 5.41. The van der Waals surface area contributed by atoms with Crippen molar-refractivity contribution >= 4 is 11.6 Å². The van der Waals surface area contributed by atoms with Gasteiger partial charge in [-0.25, -0.2) is 0 Å². The van der Waals surface area contributed by atoms with Crippen molar-refractivity contribution < 1.29 is 9.53 Å². The van der Waals surface area contributed by atoms with Crippen LogP contribution in [0.25, 0.3) is 0 Å². The van der Waals surface area contributed by atoms with Crippen LogP contribution in [0.5, 0.6) is 0 Å². The molecule has 4 nitrogen and oxygen atoms in total. The summed E-state index contributed by atoms with van der Waals surface area (Å²) in [5.74, 6) is 0.0809. The fraction of sp³-hybridized carbons (Fsp3) is 0.562. The fourth-order valence-corrected chi connectivity index (χ4v) is 2.52. The minimum atomic E-state index is 0.0809. The van der Waals surface area contributed by atoms with Gasteiger partial charge in [-0.05, 0) is 49.9 Å². The standard InChI is InChI=1S/C16H24N2O2/c1-12-8-13(2)10-14(9-12)17-6-5-16(19)18-11-15-4-3-7-20-15/h8-10,15,17H,3-7,11H2,1-2H3,(H,18,19). The summed E-state index contributed by atoms with van der Waals surface area (Å²) in [6, 6.07) is 6.33. The molecule has 2 N–H and O–H groups in total. The summed E-state index contributed by atoms with van der Waals surface area (Å²) in [5, 5.41) is 6.22. The molecule has 1 unspecified atom stereocenters. The summed E-state index contributed by atoms with van der Waals surface area (Å²) >= 11 is 0. The van der Waals surface area contributed by atoms with Gasteiger partial charge in [-0.1, -0.05) is 6.07 Å². The van der Waals surface area contributed by atoms with Gasteiger partial charge in [-0.15, -0.1) is 0 Å². The predicted molar refractivity (Wildman–Crippen MR) is 81.0 cm³/mol. The number of amides is 1. The van der Waals surface area contributed by atoms with E-state index in [9.17, 15) is 4.79 Å². The van der Waals surface area contributed by atoms with Crippen molar-refractivity contribution in [3.8, 4) is 0 Å². The lowest BCUT2D eigenvalue weighted by Gasteiger charge is -2.12. The van der Waals surface area contributed by atoms with Crippen LogP contribution in [0.15, 0.2) is 18.2 Å². The molecule has 1 fully saturated rings. The molecule has 1 amide bonds. The Balaban J connectivity index is 1.65. The molecule has 0 aromatic heterocycles. The highest BCUT2D eigenvalue weighted by Crippen LogP contribution is 2.13. The van der Waals surface area contributed by atoms with E-state index in [4.69, 9.17) is 4.74 Å². The van der Waals surface area contributed by atoms with Gasteiger partial charge < -0.3 is 15.4 Å². The zero-order valence-corrected chi connectivity index (χ0v) is 12.4. The molecule has 0 bridgehead atoms. The molecule has 1 aromatic carbocycles. The number of carbonyl (C=O) groups excluding carboxylic acids is 1. The van der Waals surface area contributed by atoms with Gasteiger partial charge in [-0.2, -0.15) is 0 Å². The average molecular weight is 276 g/mol. The van der Waals surface area contributed by atoms with E-state index in [0.29, 0.717) is 19.5 Å². The maximum atomic E-state index is 11.7. The van der Waals surface area contributed by atoms with E-state index in [2.05, 4.69) is 42.7 Å². The van der Waals surface area contributed by atoms with Crippen molar-refractivity contribution in [2.45, 2.75) is 39.2 Å². The first-order chi connectivity index (χ1) is 9.63. The first-order valence-electron chi connectivity index (χ1n) is 7.34. The molecule has 1 aliphatic heterocycles. The molecule has 1 heterocycles. The lowest BCUT2D eigenvalue weighted by molar-refractivity contribution is -0.121. The highest BCUT2D eigenvalue weighted by atomic mass is 16.5. The molecule has 110 valence electrons. The molecule has 1 aromatic rings. The summed E-state index contributed by atoms with van der Waals surface area (Å²) in [7, 11) is 0. The van der Waals surface area contributed by atoms with Crippen LogP contribution in [0.1, 0.15) is 30.4 Å². The Bertz CT molecular complexity index is 434. The normalized spacial score (nSPS) is 18.0. The van der Waals surface area contributed by atoms with Crippen LogP contribution in [0, 0.1) is 13.8 Å². The largest absolute Gasteiger partial charge is 0.385 e. The lowest BCUT2D eigenvalue weighted by atomic mass is 10.1. The minimum Gasteiger partial charge on any atom is -0.385 e. The number of aryl methyl sites for hydroxylation is 2. The van der Waals surface area contributed by atoms with Crippen molar-refractivity contribution in [1.82, 2.24) is 5.32 Å². The Morgan fingerprint density at radius 3 is 2.70 bits per heavy atom. The zero-order valence-electron chi connectivity index (χ0n) is 12.4. The lowest BCUT2D eigenvalue weighted by Crippen LogP contribution is -2.32. The first-order valence-corrected chi connectivity index (χ1v) is 7.34. The Labute approximate surface area is 120 Å². The van der Waals surface area contributed by atoms with E-state index >= 15 is 0 Å². The molecule has 0 aliphatic carbocycles. The molecule has 1 aliphatic rings. The maximum absolute atomic E-state index is 11.7. The summed E-state index contributed by atoms with van der Waals surface area (Å²) < 4.78 is 5.47. The molecule has 0 saturated carbocycles. The van der Waals surface area contributed by atoms with Gasteiger partial charge in [0.1, 0.15) is 0 Å².